The van der Waals surface area contributed by atoms with Crippen LogP contribution in [0.15, 0.2) is 27.6 Å². The molecule has 0 aliphatic heterocycles. The highest BCUT2D eigenvalue weighted by molar-refractivity contribution is 9.10. The first kappa shape index (κ1) is 14.8. The van der Waals surface area contributed by atoms with E-state index in [4.69, 9.17) is 4.74 Å². The number of rotatable bonds is 6. The Morgan fingerprint density at radius 1 is 1.47 bits per heavy atom. The van der Waals surface area contributed by atoms with E-state index in [1.807, 2.05) is 0 Å². The van der Waals surface area contributed by atoms with E-state index in [1.54, 1.807) is 12.1 Å². The van der Waals surface area contributed by atoms with Crippen molar-refractivity contribution in [2.45, 2.75) is 17.7 Å². The highest BCUT2D eigenvalue weighted by Crippen LogP contribution is 2.44. The molecule has 0 saturated heterocycles. The van der Waals surface area contributed by atoms with Crippen LogP contribution in [0.2, 0.25) is 0 Å². The zero-order chi connectivity index (χ0) is 14.1. The average Bonchev–Trinajstić information content (AvgIpc) is 3.17. The molecule has 0 spiro atoms. The first-order valence-electron chi connectivity index (χ1n) is 5.86. The van der Waals surface area contributed by atoms with E-state index in [0.717, 1.165) is 12.8 Å². The summed E-state index contributed by atoms with van der Waals surface area (Å²) in [4.78, 5) is 0.0955. The molecule has 19 heavy (non-hydrogen) atoms. The maximum absolute atomic E-state index is 12.3. The van der Waals surface area contributed by atoms with Gasteiger partial charge in [-0.25, -0.2) is 13.1 Å². The Balaban J connectivity index is 2.21. The Labute approximate surface area is 121 Å². The molecule has 1 aliphatic rings. The molecule has 0 heterocycles. The highest BCUT2D eigenvalue weighted by atomic mass is 79.9. The van der Waals surface area contributed by atoms with Crippen LogP contribution in [0.25, 0.3) is 0 Å². The van der Waals surface area contributed by atoms with Gasteiger partial charge >= 0.3 is 0 Å². The number of methoxy groups -OCH3 is 1. The monoisotopic (exact) mass is 349 g/mol. The van der Waals surface area contributed by atoms with E-state index in [0.29, 0.717) is 10.2 Å². The predicted octanol–water partition coefficient (Wildman–Crippen LogP) is 1.51. The molecule has 106 valence electrons. The molecule has 7 heteroatoms. The van der Waals surface area contributed by atoms with Crippen LogP contribution >= 0.6 is 15.9 Å². The molecule has 0 amide bonds. The molecule has 2 rings (SSSR count). The number of hydrogen-bond donors (Lipinski definition) is 2. The van der Waals surface area contributed by atoms with Gasteiger partial charge in [0.1, 0.15) is 10.6 Å². The molecular formula is C12H16BrNO4S. The lowest BCUT2D eigenvalue weighted by Gasteiger charge is -2.15. The molecule has 1 fully saturated rings. The van der Waals surface area contributed by atoms with Gasteiger partial charge in [-0.05, 0) is 31.0 Å². The molecular weight excluding hydrogens is 334 g/mol. The minimum Gasteiger partial charge on any atom is -0.495 e. The molecule has 0 atom stereocenters. The number of hydrogen-bond acceptors (Lipinski definition) is 4. The largest absolute Gasteiger partial charge is 0.495 e. The second-order valence-corrected chi connectivity index (χ2v) is 7.43. The lowest BCUT2D eigenvalue weighted by Crippen LogP contribution is -2.32. The molecule has 0 unspecified atom stereocenters. The maximum Gasteiger partial charge on any atom is 0.244 e. The molecule has 0 radical (unpaired) electrons. The summed E-state index contributed by atoms with van der Waals surface area (Å²) in [5, 5.41) is 9.20. The Kier molecular flexibility index (Phi) is 4.20. The minimum atomic E-state index is -3.64. The molecule has 1 saturated carbocycles. The summed E-state index contributed by atoms with van der Waals surface area (Å²) in [6.07, 6.45) is 1.70. The molecule has 0 bridgehead atoms. The summed E-state index contributed by atoms with van der Waals surface area (Å²) in [7, 11) is -2.22. The lowest BCUT2D eigenvalue weighted by molar-refractivity contribution is 0.213. The van der Waals surface area contributed by atoms with Gasteiger partial charge in [0.2, 0.25) is 10.0 Å². The Bertz CT molecular complexity index is 569. The number of sulfonamides is 1. The fourth-order valence-electron chi connectivity index (χ4n) is 1.75. The van der Waals surface area contributed by atoms with Crippen molar-refractivity contribution in [3.8, 4) is 5.75 Å². The van der Waals surface area contributed by atoms with Gasteiger partial charge in [-0.15, -0.1) is 0 Å². The third-order valence-corrected chi connectivity index (χ3v) is 5.26. The summed E-state index contributed by atoms with van der Waals surface area (Å²) in [5.74, 6) is 0.296. The van der Waals surface area contributed by atoms with E-state index in [9.17, 15) is 13.5 Å². The third-order valence-electron chi connectivity index (χ3n) is 3.34. The van der Waals surface area contributed by atoms with Crippen molar-refractivity contribution in [2.75, 3.05) is 20.3 Å². The van der Waals surface area contributed by atoms with Crippen LogP contribution in [0.4, 0.5) is 0 Å². The van der Waals surface area contributed by atoms with Crippen LogP contribution in [0.5, 0.6) is 5.75 Å². The van der Waals surface area contributed by atoms with Crippen LogP contribution in [0.1, 0.15) is 12.8 Å². The van der Waals surface area contributed by atoms with Crippen molar-refractivity contribution in [1.29, 1.82) is 0 Å². The van der Waals surface area contributed by atoms with Gasteiger partial charge in [-0.1, -0.05) is 15.9 Å². The van der Waals surface area contributed by atoms with Crippen molar-refractivity contribution in [3.05, 3.63) is 22.7 Å². The number of aliphatic hydroxyl groups excluding tert-OH is 1. The van der Waals surface area contributed by atoms with Crippen molar-refractivity contribution in [1.82, 2.24) is 4.72 Å². The summed E-state index contributed by atoms with van der Waals surface area (Å²) < 4.78 is 32.8. The molecule has 1 aromatic rings. The average molecular weight is 350 g/mol. The highest BCUT2D eigenvalue weighted by Gasteiger charge is 2.42. The van der Waals surface area contributed by atoms with E-state index >= 15 is 0 Å². The number of aliphatic hydroxyl groups is 1. The Morgan fingerprint density at radius 2 is 2.16 bits per heavy atom. The fraction of sp³-hybridized carbons (Fsp3) is 0.500. The number of ether oxygens (including phenoxy) is 1. The smallest absolute Gasteiger partial charge is 0.244 e. The first-order chi connectivity index (χ1) is 8.92. The van der Waals surface area contributed by atoms with E-state index in [-0.39, 0.29) is 23.5 Å². The lowest BCUT2D eigenvalue weighted by atomic mass is 10.1. The van der Waals surface area contributed by atoms with Crippen LogP contribution in [-0.2, 0) is 10.0 Å². The number of nitrogens with one attached hydrogen (secondary N) is 1. The third kappa shape index (κ3) is 3.28. The van der Waals surface area contributed by atoms with Gasteiger partial charge < -0.3 is 9.84 Å². The predicted molar refractivity (Wildman–Crippen MR) is 74.6 cm³/mol. The second kappa shape index (κ2) is 5.40. The Hall–Kier alpha value is -0.630. The number of benzene rings is 1. The topological polar surface area (TPSA) is 75.6 Å². The van der Waals surface area contributed by atoms with E-state index in [1.165, 1.54) is 13.2 Å². The van der Waals surface area contributed by atoms with Gasteiger partial charge in [0.05, 0.1) is 7.11 Å². The zero-order valence-electron chi connectivity index (χ0n) is 10.5. The second-order valence-electron chi connectivity index (χ2n) is 4.78. The normalized spacial score (nSPS) is 17.2. The standard InChI is InChI=1S/C12H16BrNO4S/c1-18-10-3-2-9(13)6-11(10)19(16,17)14-7-12(8-15)4-5-12/h2-3,6,14-15H,4-5,7-8H2,1H3. The minimum absolute atomic E-state index is 0.00510. The Morgan fingerprint density at radius 3 is 2.68 bits per heavy atom. The molecule has 1 aromatic carbocycles. The van der Waals surface area contributed by atoms with E-state index < -0.39 is 10.0 Å². The summed E-state index contributed by atoms with van der Waals surface area (Å²) in [6, 6.07) is 4.81. The van der Waals surface area contributed by atoms with Crippen LogP contribution < -0.4 is 9.46 Å². The molecule has 5 nitrogen and oxygen atoms in total. The van der Waals surface area contributed by atoms with Gasteiger partial charge in [-0.3, -0.25) is 0 Å². The SMILES string of the molecule is COc1ccc(Br)cc1S(=O)(=O)NCC1(CO)CC1. The fourth-order valence-corrected chi connectivity index (χ4v) is 3.62. The van der Waals surface area contributed by atoms with Crippen LogP contribution in [0.3, 0.4) is 0 Å². The summed E-state index contributed by atoms with van der Waals surface area (Å²) in [5.41, 5.74) is -0.272. The maximum atomic E-state index is 12.3. The van der Waals surface area contributed by atoms with E-state index in [2.05, 4.69) is 20.7 Å². The summed E-state index contributed by atoms with van der Waals surface area (Å²) >= 11 is 3.25. The molecule has 0 aromatic heterocycles. The van der Waals surface area contributed by atoms with Crippen molar-refractivity contribution in [2.24, 2.45) is 5.41 Å². The van der Waals surface area contributed by atoms with Crippen molar-refractivity contribution < 1.29 is 18.3 Å². The number of halogens is 1. The molecule has 2 N–H and O–H groups in total. The zero-order valence-corrected chi connectivity index (χ0v) is 12.9. The van der Waals surface area contributed by atoms with Gasteiger partial charge in [0.25, 0.3) is 0 Å². The van der Waals surface area contributed by atoms with Crippen molar-refractivity contribution >= 4 is 26.0 Å². The summed E-state index contributed by atoms with van der Waals surface area (Å²) in [6.45, 7) is 0.257. The van der Waals surface area contributed by atoms with Crippen LogP contribution in [-0.4, -0.2) is 33.8 Å². The van der Waals surface area contributed by atoms with Crippen molar-refractivity contribution in [3.63, 3.8) is 0 Å². The van der Waals surface area contributed by atoms with Gasteiger partial charge in [0, 0.05) is 23.0 Å². The van der Waals surface area contributed by atoms with Crippen LogP contribution in [0, 0.1) is 5.41 Å². The first-order valence-corrected chi connectivity index (χ1v) is 8.14. The van der Waals surface area contributed by atoms with Gasteiger partial charge in [0.15, 0.2) is 0 Å². The quantitative estimate of drug-likeness (QED) is 0.816. The van der Waals surface area contributed by atoms with Gasteiger partial charge in [-0.2, -0.15) is 0 Å². The molecule has 1 aliphatic carbocycles.